The van der Waals surface area contributed by atoms with E-state index in [2.05, 4.69) is 10.1 Å². The van der Waals surface area contributed by atoms with Crippen LogP contribution in [0.15, 0.2) is 11.8 Å². The number of carboxylic acids is 1. The summed E-state index contributed by atoms with van der Waals surface area (Å²) >= 11 is 0. The van der Waals surface area contributed by atoms with Crippen molar-refractivity contribution in [1.82, 2.24) is 5.32 Å². The van der Waals surface area contributed by atoms with E-state index in [4.69, 9.17) is 9.84 Å². The van der Waals surface area contributed by atoms with Gasteiger partial charge in [0.25, 0.3) is 0 Å². The number of allylic oxidation sites excluding steroid dienone is 1. The van der Waals surface area contributed by atoms with Crippen molar-refractivity contribution in [3.8, 4) is 0 Å². The Bertz CT molecular complexity index is 294. The number of alkyl carbamates (subject to hydrolysis) is 1. The summed E-state index contributed by atoms with van der Waals surface area (Å²) in [5.41, 5.74) is -0.140. The zero-order valence-corrected chi connectivity index (χ0v) is 9.06. The van der Waals surface area contributed by atoms with Gasteiger partial charge in [0.1, 0.15) is 5.70 Å². The summed E-state index contributed by atoms with van der Waals surface area (Å²) in [4.78, 5) is 21.8. The highest BCUT2D eigenvalue weighted by Crippen LogP contribution is 2.17. The van der Waals surface area contributed by atoms with Crippen LogP contribution >= 0.6 is 0 Å². The summed E-state index contributed by atoms with van der Waals surface area (Å²) in [6.45, 7) is 1.23. The molecule has 1 fully saturated rings. The molecule has 0 aliphatic carbocycles. The molecule has 0 aromatic heterocycles. The lowest BCUT2D eigenvalue weighted by Gasteiger charge is -2.19. The second-order valence-electron chi connectivity index (χ2n) is 3.45. The van der Waals surface area contributed by atoms with Gasteiger partial charge in [-0.05, 0) is 24.8 Å². The van der Waals surface area contributed by atoms with Crippen molar-refractivity contribution in [2.45, 2.75) is 12.8 Å². The van der Waals surface area contributed by atoms with Crippen molar-refractivity contribution in [2.24, 2.45) is 5.92 Å². The second-order valence-corrected chi connectivity index (χ2v) is 3.45. The van der Waals surface area contributed by atoms with Gasteiger partial charge in [-0.25, -0.2) is 9.59 Å². The van der Waals surface area contributed by atoms with Crippen LogP contribution in [0, 0.1) is 5.92 Å². The number of ether oxygens (including phenoxy) is 2. The average Bonchev–Trinajstić information content (AvgIpc) is 2.29. The minimum atomic E-state index is -1.17. The first-order valence-electron chi connectivity index (χ1n) is 5.01. The number of amides is 1. The van der Waals surface area contributed by atoms with Crippen LogP contribution in [0.4, 0.5) is 4.79 Å². The molecule has 1 saturated heterocycles. The number of carboxylic acid groups (broad SMARTS) is 1. The molecule has 1 aliphatic rings. The van der Waals surface area contributed by atoms with Crippen LogP contribution in [-0.2, 0) is 14.3 Å². The molecule has 0 radical (unpaired) electrons. The third-order valence-electron chi connectivity index (χ3n) is 2.32. The molecule has 6 nitrogen and oxygen atoms in total. The number of carbonyl (C=O) groups is 2. The van der Waals surface area contributed by atoms with Gasteiger partial charge >= 0.3 is 12.1 Å². The van der Waals surface area contributed by atoms with E-state index in [1.54, 1.807) is 6.08 Å². The van der Waals surface area contributed by atoms with Crippen LogP contribution in [0.25, 0.3) is 0 Å². The summed E-state index contributed by atoms with van der Waals surface area (Å²) in [7, 11) is 1.18. The number of aliphatic carboxylic acids is 1. The standard InChI is InChI=1S/C10H15NO5/c1-15-10(14)11-8(9(12)13)6-7-2-4-16-5-3-7/h6-7H,2-5H2,1H3,(H,11,14)(H,12,13). The number of hydrogen-bond acceptors (Lipinski definition) is 4. The zero-order valence-electron chi connectivity index (χ0n) is 9.06. The molecule has 0 aromatic carbocycles. The molecule has 6 heteroatoms. The van der Waals surface area contributed by atoms with Crippen molar-refractivity contribution < 1.29 is 24.2 Å². The monoisotopic (exact) mass is 229 g/mol. The maximum absolute atomic E-state index is 10.9. The predicted molar refractivity (Wildman–Crippen MR) is 54.8 cm³/mol. The number of methoxy groups -OCH3 is 1. The maximum Gasteiger partial charge on any atom is 0.411 e. The number of hydrogen-bond donors (Lipinski definition) is 2. The molecule has 0 unspecified atom stereocenters. The predicted octanol–water partition coefficient (Wildman–Crippen LogP) is 0.738. The first-order valence-corrected chi connectivity index (χ1v) is 5.01. The first kappa shape index (κ1) is 12.5. The van der Waals surface area contributed by atoms with E-state index in [1.807, 2.05) is 0 Å². The Balaban J connectivity index is 2.63. The van der Waals surface area contributed by atoms with E-state index in [-0.39, 0.29) is 11.6 Å². The fraction of sp³-hybridized carbons (Fsp3) is 0.600. The van der Waals surface area contributed by atoms with E-state index in [1.165, 1.54) is 7.11 Å². The van der Waals surface area contributed by atoms with Gasteiger partial charge in [-0.15, -0.1) is 0 Å². The molecule has 90 valence electrons. The van der Waals surface area contributed by atoms with Crippen LogP contribution < -0.4 is 5.32 Å². The molecule has 0 atom stereocenters. The van der Waals surface area contributed by atoms with Gasteiger partial charge in [0.15, 0.2) is 0 Å². The largest absolute Gasteiger partial charge is 0.477 e. The van der Waals surface area contributed by atoms with Crippen LogP contribution in [0.2, 0.25) is 0 Å². The molecule has 1 aliphatic heterocycles. The van der Waals surface area contributed by atoms with Crippen molar-refractivity contribution in [3.05, 3.63) is 11.8 Å². The Morgan fingerprint density at radius 3 is 2.56 bits per heavy atom. The van der Waals surface area contributed by atoms with Crippen LogP contribution in [0.1, 0.15) is 12.8 Å². The van der Waals surface area contributed by atoms with Gasteiger partial charge in [0, 0.05) is 13.2 Å². The van der Waals surface area contributed by atoms with Crippen LogP contribution in [0.3, 0.4) is 0 Å². The molecular weight excluding hydrogens is 214 g/mol. The topological polar surface area (TPSA) is 84.9 Å². The summed E-state index contributed by atoms with van der Waals surface area (Å²) in [5.74, 6) is -1.05. The van der Waals surface area contributed by atoms with E-state index in [9.17, 15) is 9.59 Å². The van der Waals surface area contributed by atoms with Crippen molar-refractivity contribution >= 4 is 12.1 Å². The second kappa shape index (κ2) is 6.12. The van der Waals surface area contributed by atoms with Crippen LogP contribution in [-0.4, -0.2) is 37.5 Å². The summed E-state index contributed by atoms with van der Waals surface area (Å²) in [5, 5.41) is 11.1. The highest BCUT2D eigenvalue weighted by molar-refractivity contribution is 5.90. The Kier molecular flexibility index (Phi) is 4.78. The number of carbonyl (C=O) groups excluding carboxylic acids is 1. The average molecular weight is 229 g/mol. The van der Waals surface area contributed by atoms with E-state index in [0.29, 0.717) is 13.2 Å². The fourth-order valence-electron chi connectivity index (χ4n) is 1.45. The normalized spacial score (nSPS) is 17.9. The highest BCUT2D eigenvalue weighted by Gasteiger charge is 2.17. The zero-order chi connectivity index (χ0) is 12.0. The lowest BCUT2D eigenvalue weighted by Crippen LogP contribution is -2.28. The third kappa shape index (κ3) is 3.90. The molecule has 0 bridgehead atoms. The quantitative estimate of drug-likeness (QED) is 0.697. The van der Waals surface area contributed by atoms with Gasteiger partial charge in [-0.2, -0.15) is 0 Å². The third-order valence-corrected chi connectivity index (χ3v) is 2.32. The molecular formula is C10H15NO5. The van der Waals surface area contributed by atoms with Crippen molar-refractivity contribution in [1.29, 1.82) is 0 Å². The summed E-state index contributed by atoms with van der Waals surface area (Å²) < 4.78 is 9.50. The van der Waals surface area contributed by atoms with Crippen LogP contribution in [0.5, 0.6) is 0 Å². The van der Waals surface area contributed by atoms with Crippen molar-refractivity contribution in [3.63, 3.8) is 0 Å². The van der Waals surface area contributed by atoms with Gasteiger partial charge < -0.3 is 14.6 Å². The summed E-state index contributed by atoms with van der Waals surface area (Å²) in [6, 6.07) is 0. The van der Waals surface area contributed by atoms with Crippen molar-refractivity contribution in [2.75, 3.05) is 20.3 Å². The molecule has 1 rings (SSSR count). The molecule has 16 heavy (non-hydrogen) atoms. The van der Waals surface area contributed by atoms with Gasteiger partial charge in [-0.3, -0.25) is 5.32 Å². The Morgan fingerprint density at radius 2 is 2.06 bits per heavy atom. The summed E-state index contributed by atoms with van der Waals surface area (Å²) in [6.07, 6.45) is 2.29. The smallest absolute Gasteiger partial charge is 0.411 e. The van der Waals surface area contributed by atoms with E-state index < -0.39 is 12.1 Å². The molecule has 0 aromatic rings. The van der Waals surface area contributed by atoms with E-state index >= 15 is 0 Å². The molecule has 0 spiro atoms. The first-order chi connectivity index (χ1) is 7.63. The van der Waals surface area contributed by atoms with Gasteiger partial charge in [0.05, 0.1) is 7.11 Å². The van der Waals surface area contributed by atoms with E-state index in [0.717, 1.165) is 12.8 Å². The number of nitrogens with one attached hydrogen (secondary N) is 1. The Labute approximate surface area is 93.2 Å². The van der Waals surface area contributed by atoms with Gasteiger partial charge in [0.2, 0.25) is 0 Å². The lowest BCUT2D eigenvalue weighted by molar-refractivity contribution is -0.133. The Morgan fingerprint density at radius 1 is 1.44 bits per heavy atom. The molecule has 1 heterocycles. The number of rotatable bonds is 3. The Hall–Kier alpha value is -1.56. The lowest BCUT2D eigenvalue weighted by atomic mass is 9.99. The minimum absolute atomic E-state index is 0.122. The molecule has 0 saturated carbocycles. The SMILES string of the molecule is COC(=O)NC(=CC1CCOCC1)C(=O)O. The minimum Gasteiger partial charge on any atom is -0.477 e. The maximum atomic E-state index is 10.9. The van der Waals surface area contributed by atoms with Gasteiger partial charge in [-0.1, -0.05) is 0 Å². The highest BCUT2D eigenvalue weighted by atomic mass is 16.5. The fourth-order valence-corrected chi connectivity index (χ4v) is 1.45. The molecule has 2 N–H and O–H groups in total. The molecule has 1 amide bonds.